The molecule has 1 amide bonds. The molecule has 0 fully saturated rings. The molecule has 7 heteroatoms. The van der Waals surface area contributed by atoms with Crippen molar-refractivity contribution in [2.45, 2.75) is 6.92 Å². The number of carbonyl (C=O) groups is 1. The summed E-state index contributed by atoms with van der Waals surface area (Å²) in [6, 6.07) is 3.17. The minimum Gasteiger partial charge on any atom is -0.465 e. The molecule has 0 aliphatic heterocycles. The Morgan fingerprint density at radius 1 is 1.50 bits per heavy atom. The second-order valence-corrected chi connectivity index (χ2v) is 2.99. The van der Waals surface area contributed by atoms with Crippen LogP contribution >= 0.6 is 0 Å². The van der Waals surface area contributed by atoms with Crippen LogP contribution in [0.15, 0.2) is 22.7 Å². The van der Waals surface area contributed by atoms with E-state index in [-0.39, 0.29) is 5.82 Å². The minimum atomic E-state index is -1.17. The number of aryl methyl sites for hydroxylation is 1. The molecule has 0 aromatic carbocycles. The Morgan fingerprint density at radius 2 is 2.31 bits per heavy atom. The Balaban J connectivity index is 2.32. The number of amides is 1. The van der Waals surface area contributed by atoms with Gasteiger partial charge in [-0.25, -0.2) is 9.78 Å². The summed E-state index contributed by atoms with van der Waals surface area (Å²) in [7, 11) is 0. The van der Waals surface area contributed by atoms with Crippen LogP contribution in [0.5, 0.6) is 0 Å². The van der Waals surface area contributed by atoms with Gasteiger partial charge < -0.3 is 9.52 Å². The summed E-state index contributed by atoms with van der Waals surface area (Å²) >= 11 is 0. The lowest BCUT2D eigenvalue weighted by atomic mass is 10.2. The van der Waals surface area contributed by atoms with Gasteiger partial charge in [0.1, 0.15) is 5.82 Å². The first kappa shape index (κ1) is 10.1. The molecule has 0 aliphatic carbocycles. The van der Waals surface area contributed by atoms with Crippen molar-refractivity contribution in [3.8, 4) is 11.5 Å². The molecule has 0 bridgehead atoms. The largest absolute Gasteiger partial charge is 0.465 e. The van der Waals surface area contributed by atoms with Crippen LogP contribution in [0.3, 0.4) is 0 Å². The third-order valence-electron chi connectivity index (χ3n) is 1.77. The van der Waals surface area contributed by atoms with Crippen molar-refractivity contribution in [3.63, 3.8) is 0 Å². The van der Waals surface area contributed by atoms with Crippen molar-refractivity contribution < 1.29 is 14.3 Å². The number of nitrogens with zero attached hydrogens (tertiary/aromatic N) is 3. The van der Waals surface area contributed by atoms with Crippen molar-refractivity contribution in [2.75, 3.05) is 5.32 Å². The molecule has 0 atom stereocenters. The predicted octanol–water partition coefficient (Wildman–Crippen LogP) is 1.53. The van der Waals surface area contributed by atoms with Gasteiger partial charge in [0.05, 0.1) is 0 Å². The maximum Gasteiger partial charge on any atom is 0.410 e. The second-order valence-electron chi connectivity index (χ2n) is 2.99. The van der Waals surface area contributed by atoms with Crippen molar-refractivity contribution in [1.82, 2.24) is 15.2 Å². The summed E-state index contributed by atoms with van der Waals surface area (Å²) in [5, 5.41) is 18.2. The van der Waals surface area contributed by atoms with Crippen molar-refractivity contribution in [3.05, 3.63) is 24.2 Å². The molecule has 2 N–H and O–H groups in total. The molecule has 7 nitrogen and oxygen atoms in total. The van der Waals surface area contributed by atoms with Gasteiger partial charge >= 0.3 is 6.09 Å². The Hall–Kier alpha value is -2.44. The van der Waals surface area contributed by atoms with Gasteiger partial charge in [-0.2, -0.15) is 0 Å². The van der Waals surface area contributed by atoms with E-state index in [4.69, 9.17) is 9.52 Å². The van der Waals surface area contributed by atoms with Gasteiger partial charge in [-0.15, -0.1) is 10.2 Å². The summed E-state index contributed by atoms with van der Waals surface area (Å²) in [4.78, 5) is 14.2. The van der Waals surface area contributed by atoms with E-state index in [9.17, 15) is 4.79 Å². The SMILES string of the molecule is Cc1nnc(-c2ccnc(NC(=O)O)c2)o1. The fourth-order valence-electron chi connectivity index (χ4n) is 1.15. The zero-order valence-corrected chi connectivity index (χ0v) is 8.34. The van der Waals surface area contributed by atoms with Crippen LogP contribution in [-0.4, -0.2) is 26.4 Å². The van der Waals surface area contributed by atoms with Crippen LogP contribution in [-0.2, 0) is 0 Å². The van der Waals surface area contributed by atoms with Crippen LogP contribution in [0.1, 0.15) is 5.89 Å². The maximum atomic E-state index is 10.4. The molecule has 0 radical (unpaired) electrons. The maximum absolute atomic E-state index is 10.4. The molecule has 0 saturated carbocycles. The third-order valence-corrected chi connectivity index (χ3v) is 1.77. The normalized spacial score (nSPS) is 10.1. The van der Waals surface area contributed by atoms with E-state index in [0.717, 1.165) is 0 Å². The Bertz CT molecular complexity index is 523. The molecule has 2 aromatic heterocycles. The highest BCUT2D eigenvalue weighted by atomic mass is 16.4. The highest BCUT2D eigenvalue weighted by molar-refractivity contribution is 5.82. The van der Waals surface area contributed by atoms with E-state index in [1.807, 2.05) is 0 Å². The first-order valence-corrected chi connectivity index (χ1v) is 4.41. The van der Waals surface area contributed by atoms with E-state index in [2.05, 4.69) is 20.5 Å². The molecule has 16 heavy (non-hydrogen) atoms. The van der Waals surface area contributed by atoms with Gasteiger partial charge in [0.25, 0.3) is 0 Å². The van der Waals surface area contributed by atoms with Gasteiger partial charge in [0.15, 0.2) is 0 Å². The smallest absolute Gasteiger partial charge is 0.410 e. The predicted molar refractivity (Wildman–Crippen MR) is 53.9 cm³/mol. The lowest BCUT2D eigenvalue weighted by molar-refractivity contribution is 0.209. The molecule has 82 valence electrons. The second kappa shape index (κ2) is 3.97. The Kier molecular flexibility index (Phi) is 2.50. The monoisotopic (exact) mass is 220 g/mol. The summed E-state index contributed by atoms with van der Waals surface area (Å²) < 4.78 is 5.20. The van der Waals surface area contributed by atoms with E-state index in [1.165, 1.54) is 12.3 Å². The molecule has 0 spiro atoms. The number of pyridine rings is 1. The first-order chi connectivity index (χ1) is 7.65. The summed E-state index contributed by atoms with van der Waals surface area (Å²) in [5.41, 5.74) is 0.611. The van der Waals surface area contributed by atoms with Crippen molar-refractivity contribution in [1.29, 1.82) is 0 Å². The van der Waals surface area contributed by atoms with Crippen LogP contribution in [0.25, 0.3) is 11.5 Å². The van der Waals surface area contributed by atoms with Gasteiger partial charge in [-0.05, 0) is 12.1 Å². The molecular weight excluding hydrogens is 212 g/mol. The minimum absolute atomic E-state index is 0.209. The quantitative estimate of drug-likeness (QED) is 0.795. The van der Waals surface area contributed by atoms with Crippen LogP contribution in [0, 0.1) is 6.92 Å². The van der Waals surface area contributed by atoms with Crippen molar-refractivity contribution in [2.24, 2.45) is 0 Å². The molecule has 2 aromatic rings. The number of carboxylic acid groups (broad SMARTS) is 1. The molecule has 0 saturated heterocycles. The van der Waals surface area contributed by atoms with E-state index in [0.29, 0.717) is 17.3 Å². The highest BCUT2D eigenvalue weighted by Crippen LogP contribution is 2.19. The topological polar surface area (TPSA) is 101 Å². The molecule has 0 aliphatic rings. The fourth-order valence-corrected chi connectivity index (χ4v) is 1.15. The number of hydrogen-bond acceptors (Lipinski definition) is 5. The summed E-state index contributed by atoms with van der Waals surface area (Å²) in [6.45, 7) is 1.67. The zero-order chi connectivity index (χ0) is 11.5. The highest BCUT2D eigenvalue weighted by Gasteiger charge is 2.07. The van der Waals surface area contributed by atoms with Crippen LogP contribution in [0.2, 0.25) is 0 Å². The van der Waals surface area contributed by atoms with Gasteiger partial charge in [0, 0.05) is 18.7 Å². The number of anilines is 1. The number of aromatic nitrogens is 3. The van der Waals surface area contributed by atoms with E-state index >= 15 is 0 Å². The van der Waals surface area contributed by atoms with Crippen LogP contribution in [0.4, 0.5) is 10.6 Å². The van der Waals surface area contributed by atoms with Gasteiger partial charge in [0.2, 0.25) is 11.8 Å². The number of rotatable bonds is 2. The number of nitrogens with one attached hydrogen (secondary N) is 1. The van der Waals surface area contributed by atoms with Crippen LogP contribution < -0.4 is 5.32 Å². The molecule has 0 unspecified atom stereocenters. The lowest BCUT2D eigenvalue weighted by Gasteiger charge is -2.00. The third kappa shape index (κ3) is 2.14. The fraction of sp³-hybridized carbons (Fsp3) is 0.111. The Morgan fingerprint density at radius 3 is 2.94 bits per heavy atom. The average molecular weight is 220 g/mol. The molecule has 2 heterocycles. The van der Waals surface area contributed by atoms with Gasteiger partial charge in [-0.3, -0.25) is 5.32 Å². The molecular formula is C9H8N4O3. The lowest BCUT2D eigenvalue weighted by Crippen LogP contribution is -2.08. The zero-order valence-electron chi connectivity index (χ0n) is 8.34. The number of hydrogen-bond donors (Lipinski definition) is 2. The average Bonchev–Trinajstić information content (AvgIpc) is 2.64. The standard InChI is InChI=1S/C9H8N4O3/c1-5-12-13-8(16-5)6-2-3-10-7(4-6)11-9(14)15/h2-4H,1H3,(H,10,11)(H,14,15). The summed E-state index contributed by atoms with van der Waals surface area (Å²) in [5.74, 6) is 0.980. The van der Waals surface area contributed by atoms with Crippen molar-refractivity contribution >= 4 is 11.9 Å². The van der Waals surface area contributed by atoms with Gasteiger partial charge in [-0.1, -0.05) is 0 Å². The van der Waals surface area contributed by atoms with E-state index < -0.39 is 6.09 Å². The first-order valence-electron chi connectivity index (χ1n) is 4.41. The van der Waals surface area contributed by atoms with E-state index in [1.54, 1.807) is 13.0 Å². The Labute approximate surface area is 90.1 Å². The molecule has 2 rings (SSSR count). The summed E-state index contributed by atoms with van der Waals surface area (Å²) in [6.07, 6.45) is 0.284.